The first-order chi connectivity index (χ1) is 12.7. The lowest BCUT2D eigenvalue weighted by atomic mass is 9.93. The Hall–Kier alpha value is -2.70. The molecule has 3 rings (SSSR count). The molecule has 26 heavy (non-hydrogen) atoms. The lowest BCUT2D eigenvalue weighted by Crippen LogP contribution is -2.41. The van der Waals surface area contributed by atoms with Crippen molar-refractivity contribution in [3.05, 3.63) is 52.8 Å². The second-order valence-corrected chi connectivity index (χ2v) is 6.64. The fourth-order valence-electron chi connectivity index (χ4n) is 3.48. The van der Waals surface area contributed by atoms with Crippen LogP contribution in [0.2, 0.25) is 0 Å². The van der Waals surface area contributed by atoms with Gasteiger partial charge in [-0.3, -0.25) is 14.6 Å². The zero-order valence-corrected chi connectivity index (χ0v) is 15.1. The van der Waals surface area contributed by atoms with Crippen LogP contribution in [0.25, 0.3) is 0 Å². The maximum atomic E-state index is 12.6. The predicted molar refractivity (Wildman–Crippen MR) is 99.9 cm³/mol. The average Bonchev–Trinajstić information content (AvgIpc) is 2.68. The molecule has 0 unspecified atom stereocenters. The van der Waals surface area contributed by atoms with Gasteiger partial charge in [0.05, 0.1) is 5.69 Å². The predicted octanol–water partition coefficient (Wildman–Crippen LogP) is 1.55. The molecule has 0 radical (unpaired) electrons. The van der Waals surface area contributed by atoms with E-state index >= 15 is 0 Å². The van der Waals surface area contributed by atoms with Gasteiger partial charge in [-0.2, -0.15) is 0 Å². The SMILES string of the molecule is CNc1nccnc1C[C@H]1CCCN(C(=O)CCn2ccccc2=O)C1. The standard InChI is InChI=1S/C19H25N5O2/c1-20-19-16(21-8-9-22-19)13-15-5-4-11-24(14-15)18(26)7-12-23-10-3-2-6-17(23)25/h2-3,6,8-10,15H,4-5,7,11-14H2,1H3,(H,20,22)/t15-/m1/s1. The third-order valence-electron chi connectivity index (χ3n) is 4.83. The van der Waals surface area contributed by atoms with E-state index in [0.29, 0.717) is 18.9 Å². The Kier molecular flexibility index (Phi) is 5.99. The van der Waals surface area contributed by atoms with Gasteiger partial charge in [0, 0.05) is 57.8 Å². The number of carbonyl (C=O) groups is 1. The van der Waals surface area contributed by atoms with Gasteiger partial charge in [-0.05, 0) is 31.2 Å². The quantitative estimate of drug-likeness (QED) is 0.850. The number of piperidine rings is 1. The van der Waals surface area contributed by atoms with E-state index in [4.69, 9.17) is 0 Å². The van der Waals surface area contributed by atoms with E-state index in [0.717, 1.165) is 43.9 Å². The molecule has 1 amide bonds. The van der Waals surface area contributed by atoms with Gasteiger partial charge in [-0.1, -0.05) is 6.07 Å². The molecule has 1 atom stereocenters. The molecule has 2 aromatic rings. The van der Waals surface area contributed by atoms with Crippen molar-refractivity contribution in [3.63, 3.8) is 0 Å². The monoisotopic (exact) mass is 355 g/mol. The third-order valence-corrected chi connectivity index (χ3v) is 4.83. The lowest BCUT2D eigenvalue weighted by Gasteiger charge is -2.33. The molecule has 0 spiro atoms. The van der Waals surface area contributed by atoms with Crippen LogP contribution in [0.1, 0.15) is 25.0 Å². The molecule has 2 aromatic heterocycles. The van der Waals surface area contributed by atoms with E-state index in [1.54, 1.807) is 29.2 Å². The topological polar surface area (TPSA) is 80.1 Å². The molecule has 0 bridgehead atoms. The number of carbonyl (C=O) groups excluding carboxylic acids is 1. The van der Waals surface area contributed by atoms with E-state index in [-0.39, 0.29) is 11.5 Å². The third kappa shape index (κ3) is 4.47. The number of rotatable bonds is 6. The molecule has 1 saturated heterocycles. The molecule has 0 saturated carbocycles. The number of aromatic nitrogens is 3. The summed E-state index contributed by atoms with van der Waals surface area (Å²) >= 11 is 0. The van der Waals surface area contributed by atoms with Crippen molar-refractivity contribution in [3.8, 4) is 0 Å². The summed E-state index contributed by atoms with van der Waals surface area (Å²) in [7, 11) is 1.84. The molecule has 7 nitrogen and oxygen atoms in total. The van der Waals surface area contributed by atoms with Gasteiger partial charge in [0.2, 0.25) is 5.91 Å². The molecule has 3 heterocycles. The lowest BCUT2D eigenvalue weighted by molar-refractivity contribution is -0.133. The molecule has 0 aromatic carbocycles. The van der Waals surface area contributed by atoms with Crippen molar-refractivity contribution < 1.29 is 4.79 Å². The summed E-state index contributed by atoms with van der Waals surface area (Å²) in [6, 6.07) is 5.03. The average molecular weight is 355 g/mol. The van der Waals surface area contributed by atoms with Gasteiger partial charge in [-0.15, -0.1) is 0 Å². The highest BCUT2D eigenvalue weighted by Crippen LogP contribution is 2.23. The van der Waals surface area contributed by atoms with Gasteiger partial charge in [0.1, 0.15) is 5.82 Å². The Morgan fingerprint density at radius 1 is 1.31 bits per heavy atom. The van der Waals surface area contributed by atoms with Gasteiger partial charge >= 0.3 is 0 Å². The van der Waals surface area contributed by atoms with Crippen LogP contribution in [0.4, 0.5) is 5.82 Å². The molecule has 1 aliphatic heterocycles. The second-order valence-electron chi connectivity index (χ2n) is 6.64. The molecule has 1 aliphatic rings. The minimum atomic E-state index is -0.0703. The highest BCUT2D eigenvalue weighted by atomic mass is 16.2. The number of likely N-dealkylation sites (tertiary alicyclic amines) is 1. The van der Waals surface area contributed by atoms with Crippen molar-refractivity contribution in [1.29, 1.82) is 0 Å². The highest BCUT2D eigenvalue weighted by Gasteiger charge is 2.24. The first kappa shape index (κ1) is 18.1. The molecular weight excluding hydrogens is 330 g/mol. The molecule has 7 heteroatoms. The van der Waals surface area contributed by atoms with Crippen molar-refractivity contribution in [2.75, 3.05) is 25.5 Å². The van der Waals surface area contributed by atoms with E-state index in [9.17, 15) is 9.59 Å². The van der Waals surface area contributed by atoms with Crippen LogP contribution in [0.15, 0.2) is 41.6 Å². The van der Waals surface area contributed by atoms with Crippen LogP contribution in [-0.2, 0) is 17.8 Å². The van der Waals surface area contributed by atoms with Crippen LogP contribution in [-0.4, -0.2) is 45.5 Å². The molecular formula is C19H25N5O2. The largest absolute Gasteiger partial charge is 0.372 e. The van der Waals surface area contributed by atoms with E-state index < -0.39 is 0 Å². The highest BCUT2D eigenvalue weighted by molar-refractivity contribution is 5.76. The van der Waals surface area contributed by atoms with Gasteiger partial charge < -0.3 is 14.8 Å². The number of amides is 1. The van der Waals surface area contributed by atoms with Crippen LogP contribution in [0, 0.1) is 5.92 Å². The first-order valence-electron chi connectivity index (χ1n) is 9.08. The minimum Gasteiger partial charge on any atom is -0.372 e. The zero-order valence-electron chi connectivity index (χ0n) is 15.1. The number of nitrogens with one attached hydrogen (secondary N) is 1. The minimum absolute atomic E-state index is 0.0703. The van der Waals surface area contributed by atoms with E-state index in [2.05, 4.69) is 15.3 Å². The normalized spacial score (nSPS) is 17.1. The Labute approximate surface area is 153 Å². The summed E-state index contributed by atoms with van der Waals surface area (Å²) in [6.45, 7) is 1.95. The van der Waals surface area contributed by atoms with Crippen LogP contribution < -0.4 is 10.9 Å². The number of hydrogen-bond donors (Lipinski definition) is 1. The fraction of sp³-hybridized carbons (Fsp3) is 0.474. The van der Waals surface area contributed by atoms with Crippen molar-refractivity contribution in [2.24, 2.45) is 5.92 Å². The Morgan fingerprint density at radius 3 is 2.96 bits per heavy atom. The van der Waals surface area contributed by atoms with Crippen LogP contribution in [0.3, 0.4) is 0 Å². The van der Waals surface area contributed by atoms with Gasteiger partial charge in [0.15, 0.2) is 0 Å². The maximum absolute atomic E-state index is 12.6. The van der Waals surface area contributed by atoms with E-state index in [1.165, 1.54) is 6.07 Å². The van der Waals surface area contributed by atoms with Crippen LogP contribution in [0.5, 0.6) is 0 Å². The fourth-order valence-corrected chi connectivity index (χ4v) is 3.48. The summed E-state index contributed by atoms with van der Waals surface area (Å²) < 4.78 is 1.58. The maximum Gasteiger partial charge on any atom is 0.250 e. The summed E-state index contributed by atoms with van der Waals surface area (Å²) in [5.41, 5.74) is 0.879. The summed E-state index contributed by atoms with van der Waals surface area (Å²) in [4.78, 5) is 35.0. The van der Waals surface area contributed by atoms with Crippen molar-refractivity contribution >= 4 is 11.7 Å². The first-order valence-corrected chi connectivity index (χ1v) is 9.08. The smallest absolute Gasteiger partial charge is 0.250 e. The number of anilines is 1. The van der Waals surface area contributed by atoms with Crippen molar-refractivity contribution in [1.82, 2.24) is 19.4 Å². The van der Waals surface area contributed by atoms with E-state index in [1.807, 2.05) is 18.0 Å². The molecule has 1 fully saturated rings. The number of pyridine rings is 1. The Morgan fingerprint density at radius 2 is 2.15 bits per heavy atom. The molecule has 0 aliphatic carbocycles. The summed E-state index contributed by atoms with van der Waals surface area (Å²) in [5.74, 6) is 1.30. The van der Waals surface area contributed by atoms with Gasteiger partial charge in [0.25, 0.3) is 5.56 Å². The summed E-state index contributed by atoms with van der Waals surface area (Å²) in [5, 5.41) is 3.08. The number of hydrogen-bond acceptors (Lipinski definition) is 5. The summed E-state index contributed by atoms with van der Waals surface area (Å²) in [6.07, 6.45) is 8.35. The number of aryl methyl sites for hydroxylation is 1. The van der Waals surface area contributed by atoms with Gasteiger partial charge in [-0.25, -0.2) is 4.98 Å². The number of nitrogens with zero attached hydrogens (tertiary/aromatic N) is 4. The molecule has 1 N–H and O–H groups in total. The molecule has 138 valence electrons. The van der Waals surface area contributed by atoms with Crippen molar-refractivity contribution in [2.45, 2.75) is 32.2 Å². The zero-order chi connectivity index (χ0) is 18.4. The van der Waals surface area contributed by atoms with Crippen LogP contribution >= 0.6 is 0 Å². The second kappa shape index (κ2) is 8.60. The Balaban J connectivity index is 1.56. The Bertz CT molecular complexity index is 804.